The monoisotopic (exact) mass is 294 g/mol. The molecule has 0 fully saturated rings. The number of unbranched alkanes of at least 4 members (excludes halogenated alkanes) is 2. The van der Waals surface area contributed by atoms with Crippen molar-refractivity contribution in [2.75, 3.05) is 0 Å². The maximum atomic E-state index is 11.8. The zero-order valence-corrected chi connectivity index (χ0v) is 12.7. The largest absolute Gasteiger partial charge is 0.391 e. The lowest BCUT2D eigenvalue weighted by Crippen LogP contribution is -2.23. The fourth-order valence-electron chi connectivity index (χ4n) is 1.94. The van der Waals surface area contributed by atoms with Crippen molar-refractivity contribution in [3.8, 4) is 0 Å². The lowest BCUT2D eigenvalue weighted by molar-refractivity contribution is -0.116. The third-order valence-corrected chi connectivity index (χ3v) is 3.68. The second-order valence-electron chi connectivity index (χ2n) is 4.99. The molecule has 0 aliphatic rings. The van der Waals surface area contributed by atoms with Crippen molar-refractivity contribution in [1.82, 2.24) is 0 Å². The molecule has 0 aliphatic heterocycles. The predicted molar refractivity (Wildman–Crippen MR) is 84.9 cm³/mol. The van der Waals surface area contributed by atoms with Crippen molar-refractivity contribution < 1.29 is 9.90 Å². The van der Waals surface area contributed by atoms with Gasteiger partial charge in [0, 0.05) is 6.42 Å². The van der Waals surface area contributed by atoms with Crippen LogP contribution in [-0.2, 0) is 4.79 Å². The number of hydrogen-bond donors (Lipinski definition) is 1. The number of aliphatic hydroxyl groups is 1. The minimum Gasteiger partial charge on any atom is -0.391 e. The van der Waals surface area contributed by atoms with Crippen LogP contribution in [0, 0.1) is 0 Å². The van der Waals surface area contributed by atoms with Gasteiger partial charge in [-0.3, -0.25) is 4.79 Å². The molecular weight excluding hydrogens is 272 g/mol. The van der Waals surface area contributed by atoms with Crippen LogP contribution < -0.4 is 0 Å². The maximum Gasteiger partial charge on any atom is 0.158 e. The van der Waals surface area contributed by atoms with E-state index in [0.29, 0.717) is 0 Å². The van der Waals surface area contributed by atoms with E-state index in [2.05, 4.69) is 6.92 Å². The highest BCUT2D eigenvalue weighted by molar-refractivity contribution is 6.21. The number of benzene rings is 1. The van der Waals surface area contributed by atoms with E-state index in [9.17, 15) is 9.90 Å². The van der Waals surface area contributed by atoms with Crippen LogP contribution in [0.2, 0.25) is 0 Å². The van der Waals surface area contributed by atoms with Crippen LogP contribution in [0.1, 0.15) is 44.6 Å². The van der Waals surface area contributed by atoms with Crippen molar-refractivity contribution >= 4 is 23.5 Å². The zero-order valence-electron chi connectivity index (χ0n) is 12.0. The first-order valence-corrected chi connectivity index (χ1v) is 7.65. The highest BCUT2D eigenvalue weighted by Crippen LogP contribution is 2.16. The summed E-state index contributed by atoms with van der Waals surface area (Å²) in [5.74, 6) is -0.0949. The van der Waals surface area contributed by atoms with E-state index in [1.807, 2.05) is 30.3 Å². The molecule has 0 saturated carbocycles. The molecule has 0 saturated heterocycles. The van der Waals surface area contributed by atoms with Crippen LogP contribution in [0.4, 0.5) is 0 Å². The molecule has 1 rings (SSSR count). The summed E-state index contributed by atoms with van der Waals surface area (Å²) in [6, 6.07) is 9.62. The first-order chi connectivity index (χ1) is 9.63. The van der Waals surface area contributed by atoms with E-state index in [1.165, 1.54) is 6.08 Å². The topological polar surface area (TPSA) is 37.3 Å². The SMILES string of the molecule is CCCCC[C@@H](Cl)[C@@H](O)CC(=O)/C=C/c1ccccc1. The summed E-state index contributed by atoms with van der Waals surface area (Å²) in [6.07, 6.45) is 6.58. The third-order valence-electron chi connectivity index (χ3n) is 3.17. The van der Waals surface area contributed by atoms with Gasteiger partial charge in [0.25, 0.3) is 0 Å². The summed E-state index contributed by atoms with van der Waals surface area (Å²) in [6.45, 7) is 2.12. The smallest absolute Gasteiger partial charge is 0.158 e. The molecular formula is C17H23ClO2. The quantitative estimate of drug-likeness (QED) is 0.421. The fraction of sp³-hybridized carbons (Fsp3) is 0.471. The van der Waals surface area contributed by atoms with Gasteiger partial charge in [0.2, 0.25) is 0 Å². The Kier molecular flexibility index (Phi) is 8.24. The van der Waals surface area contributed by atoms with E-state index < -0.39 is 6.10 Å². The van der Waals surface area contributed by atoms with Gasteiger partial charge in [-0.2, -0.15) is 0 Å². The molecule has 0 spiro atoms. The van der Waals surface area contributed by atoms with E-state index in [0.717, 1.165) is 31.2 Å². The van der Waals surface area contributed by atoms with Gasteiger partial charge in [-0.15, -0.1) is 11.6 Å². The first-order valence-electron chi connectivity index (χ1n) is 7.21. The summed E-state index contributed by atoms with van der Waals surface area (Å²) < 4.78 is 0. The maximum absolute atomic E-state index is 11.8. The van der Waals surface area contributed by atoms with Gasteiger partial charge in [0.05, 0.1) is 11.5 Å². The second-order valence-corrected chi connectivity index (χ2v) is 5.55. The van der Waals surface area contributed by atoms with Crippen molar-refractivity contribution in [2.24, 2.45) is 0 Å². The summed E-state index contributed by atoms with van der Waals surface area (Å²) >= 11 is 6.10. The highest BCUT2D eigenvalue weighted by Gasteiger charge is 2.18. The summed E-state index contributed by atoms with van der Waals surface area (Å²) in [4.78, 5) is 11.8. The van der Waals surface area contributed by atoms with Crippen molar-refractivity contribution in [3.05, 3.63) is 42.0 Å². The van der Waals surface area contributed by atoms with Gasteiger partial charge < -0.3 is 5.11 Å². The number of allylic oxidation sites excluding steroid dienone is 1. The minimum absolute atomic E-state index is 0.0869. The van der Waals surface area contributed by atoms with Crippen LogP contribution in [-0.4, -0.2) is 22.4 Å². The van der Waals surface area contributed by atoms with Gasteiger partial charge >= 0.3 is 0 Å². The normalized spacial score (nSPS) is 14.3. The molecule has 0 amide bonds. The molecule has 1 N–H and O–H groups in total. The average Bonchev–Trinajstić information content (AvgIpc) is 2.46. The molecule has 0 aromatic heterocycles. The minimum atomic E-state index is -0.763. The van der Waals surface area contributed by atoms with Crippen LogP contribution >= 0.6 is 11.6 Å². The molecule has 0 unspecified atom stereocenters. The van der Waals surface area contributed by atoms with Crippen LogP contribution in [0.15, 0.2) is 36.4 Å². The van der Waals surface area contributed by atoms with Gasteiger partial charge in [-0.25, -0.2) is 0 Å². The number of carbonyl (C=O) groups excluding carboxylic acids is 1. The Morgan fingerprint density at radius 2 is 2.00 bits per heavy atom. The number of ketones is 1. The van der Waals surface area contributed by atoms with Gasteiger partial charge in [0.1, 0.15) is 0 Å². The van der Waals surface area contributed by atoms with E-state index in [4.69, 9.17) is 11.6 Å². The van der Waals surface area contributed by atoms with E-state index in [-0.39, 0.29) is 17.6 Å². The Hall–Kier alpha value is -1.12. The van der Waals surface area contributed by atoms with Gasteiger partial charge in [0.15, 0.2) is 5.78 Å². The van der Waals surface area contributed by atoms with Crippen molar-refractivity contribution in [2.45, 2.75) is 50.5 Å². The Morgan fingerprint density at radius 1 is 1.30 bits per heavy atom. The van der Waals surface area contributed by atoms with E-state index >= 15 is 0 Å². The number of rotatable bonds is 9. The zero-order chi connectivity index (χ0) is 14.8. The Labute approximate surface area is 126 Å². The van der Waals surface area contributed by atoms with Gasteiger partial charge in [-0.05, 0) is 18.1 Å². The number of hydrogen-bond acceptors (Lipinski definition) is 2. The molecule has 0 aliphatic carbocycles. The molecule has 2 atom stereocenters. The average molecular weight is 295 g/mol. The van der Waals surface area contributed by atoms with Crippen molar-refractivity contribution in [1.29, 1.82) is 0 Å². The number of aliphatic hydroxyl groups excluding tert-OH is 1. The van der Waals surface area contributed by atoms with E-state index in [1.54, 1.807) is 6.08 Å². The number of carbonyl (C=O) groups is 1. The standard InChI is InChI=1S/C17H23ClO2/c1-2-3-5-10-16(18)17(20)13-15(19)12-11-14-8-6-4-7-9-14/h4,6-9,11-12,16-17,20H,2-3,5,10,13H2,1H3/b12-11+/t16-,17+/m1/s1. The molecule has 1 aromatic rings. The predicted octanol–water partition coefficient (Wildman–Crippen LogP) is 4.21. The van der Waals surface area contributed by atoms with Crippen LogP contribution in [0.25, 0.3) is 6.08 Å². The Balaban J connectivity index is 2.36. The summed E-state index contributed by atoms with van der Waals surface area (Å²) in [5, 5.41) is 9.56. The molecule has 3 heteroatoms. The first kappa shape index (κ1) is 16.9. The van der Waals surface area contributed by atoms with Crippen LogP contribution in [0.3, 0.4) is 0 Å². The summed E-state index contributed by atoms with van der Waals surface area (Å²) in [5.41, 5.74) is 0.973. The lowest BCUT2D eigenvalue weighted by atomic mass is 10.0. The molecule has 0 heterocycles. The third kappa shape index (κ3) is 6.88. The van der Waals surface area contributed by atoms with Crippen molar-refractivity contribution in [3.63, 3.8) is 0 Å². The number of alkyl halides is 1. The number of halogens is 1. The summed E-state index contributed by atoms with van der Waals surface area (Å²) in [7, 11) is 0. The molecule has 2 nitrogen and oxygen atoms in total. The molecule has 0 bridgehead atoms. The molecule has 1 aromatic carbocycles. The fourth-order valence-corrected chi connectivity index (χ4v) is 2.18. The molecule has 0 radical (unpaired) electrons. The Bertz CT molecular complexity index is 414. The molecule has 20 heavy (non-hydrogen) atoms. The second kappa shape index (κ2) is 9.73. The van der Waals surface area contributed by atoms with Gasteiger partial charge in [-0.1, -0.05) is 62.6 Å². The lowest BCUT2D eigenvalue weighted by Gasteiger charge is -2.15. The Morgan fingerprint density at radius 3 is 2.65 bits per heavy atom. The van der Waals surface area contributed by atoms with Crippen LogP contribution in [0.5, 0.6) is 0 Å². The molecule has 110 valence electrons. The highest BCUT2D eigenvalue weighted by atomic mass is 35.5.